The molecule has 0 radical (unpaired) electrons. The largest absolute Gasteiger partial charge is 0.390 e. The van der Waals surface area contributed by atoms with Gasteiger partial charge in [-0.15, -0.1) is 0 Å². The van der Waals surface area contributed by atoms with E-state index in [1.807, 2.05) is 6.92 Å². The minimum atomic E-state index is -0.615. The fourth-order valence-electron chi connectivity index (χ4n) is 2.95. The van der Waals surface area contributed by atoms with Crippen molar-refractivity contribution in [3.63, 3.8) is 0 Å². The number of rotatable bonds is 13. The lowest BCUT2D eigenvalue weighted by molar-refractivity contribution is 0.00559. The van der Waals surface area contributed by atoms with Crippen LogP contribution >= 0.6 is 0 Å². The smallest absolute Gasteiger partial charge is 0.0867 e. The first-order chi connectivity index (χ1) is 10.0. The summed E-state index contributed by atoms with van der Waals surface area (Å²) in [5.41, 5.74) is 0. The monoisotopic (exact) mass is 300 g/mol. The molecule has 2 N–H and O–H groups in total. The first-order valence-electron chi connectivity index (χ1n) is 9.06. The van der Waals surface area contributed by atoms with Crippen molar-refractivity contribution < 1.29 is 14.9 Å². The first-order valence-corrected chi connectivity index (χ1v) is 9.06. The summed E-state index contributed by atoms with van der Waals surface area (Å²) in [6, 6.07) is 0. The zero-order chi connectivity index (χ0) is 15.7. The molecule has 0 aromatic carbocycles. The Bertz CT molecular complexity index is 255. The Balaban J connectivity index is 1.92. The third-order valence-electron chi connectivity index (χ3n) is 4.46. The molecule has 1 aliphatic heterocycles. The molecule has 0 amide bonds. The SMILES string of the molecule is CCCC(O)C(O)CC1OC1CCCCCCCC(C)C. The molecule has 0 bridgehead atoms. The van der Waals surface area contributed by atoms with Gasteiger partial charge in [-0.2, -0.15) is 0 Å². The van der Waals surface area contributed by atoms with Gasteiger partial charge in [0, 0.05) is 6.42 Å². The summed E-state index contributed by atoms with van der Waals surface area (Å²) in [4.78, 5) is 0. The summed E-state index contributed by atoms with van der Waals surface area (Å²) in [5, 5.41) is 19.6. The molecule has 1 aliphatic rings. The van der Waals surface area contributed by atoms with Crippen LogP contribution in [0.15, 0.2) is 0 Å². The molecule has 21 heavy (non-hydrogen) atoms. The molecule has 4 atom stereocenters. The van der Waals surface area contributed by atoms with Crippen LogP contribution in [0, 0.1) is 5.92 Å². The highest BCUT2D eigenvalue weighted by atomic mass is 16.6. The van der Waals surface area contributed by atoms with E-state index < -0.39 is 12.2 Å². The number of aliphatic hydroxyl groups is 2. The van der Waals surface area contributed by atoms with Gasteiger partial charge in [0.15, 0.2) is 0 Å². The van der Waals surface area contributed by atoms with E-state index in [1.165, 1.54) is 38.5 Å². The fraction of sp³-hybridized carbons (Fsp3) is 1.00. The van der Waals surface area contributed by atoms with Gasteiger partial charge in [-0.1, -0.05) is 65.7 Å². The van der Waals surface area contributed by atoms with Crippen molar-refractivity contribution in [3.8, 4) is 0 Å². The van der Waals surface area contributed by atoms with E-state index >= 15 is 0 Å². The highest BCUT2D eigenvalue weighted by molar-refractivity contribution is 4.88. The Morgan fingerprint density at radius 2 is 1.52 bits per heavy atom. The molecule has 1 saturated heterocycles. The highest BCUT2D eigenvalue weighted by Crippen LogP contribution is 2.32. The molecule has 0 aromatic heterocycles. The summed E-state index contributed by atoms with van der Waals surface area (Å²) in [6.45, 7) is 6.60. The van der Waals surface area contributed by atoms with Crippen LogP contribution < -0.4 is 0 Å². The van der Waals surface area contributed by atoms with E-state index in [4.69, 9.17) is 4.74 Å². The van der Waals surface area contributed by atoms with Crippen molar-refractivity contribution in [3.05, 3.63) is 0 Å². The van der Waals surface area contributed by atoms with E-state index in [1.54, 1.807) is 0 Å². The number of unbranched alkanes of at least 4 members (excludes halogenated alkanes) is 4. The zero-order valence-electron chi connectivity index (χ0n) is 14.3. The molecular weight excluding hydrogens is 264 g/mol. The van der Waals surface area contributed by atoms with E-state index in [-0.39, 0.29) is 6.10 Å². The lowest BCUT2D eigenvalue weighted by atomic mass is 10.0. The van der Waals surface area contributed by atoms with Gasteiger partial charge in [0.1, 0.15) is 0 Å². The van der Waals surface area contributed by atoms with Gasteiger partial charge in [0.2, 0.25) is 0 Å². The highest BCUT2D eigenvalue weighted by Gasteiger charge is 2.40. The van der Waals surface area contributed by atoms with Crippen molar-refractivity contribution in [1.82, 2.24) is 0 Å². The normalized spacial score (nSPS) is 24.3. The maximum atomic E-state index is 9.86. The maximum absolute atomic E-state index is 9.86. The zero-order valence-corrected chi connectivity index (χ0v) is 14.3. The van der Waals surface area contributed by atoms with Gasteiger partial charge in [0.05, 0.1) is 24.4 Å². The molecule has 3 heteroatoms. The van der Waals surface area contributed by atoms with Gasteiger partial charge in [-0.25, -0.2) is 0 Å². The summed E-state index contributed by atoms with van der Waals surface area (Å²) >= 11 is 0. The molecule has 126 valence electrons. The molecule has 1 rings (SSSR count). The van der Waals surface area contributed by atoms with Gasteiger partial charge >= 0.3 is 0 Å². The van der Waals surface area contributed by atoms with Crippen LogP contribution in [0.1, 0.15) is 85.0 Å². The molecule has 0 saturated carbocycles. The third kappa shape index (κ3) is 8.80. The molecule has 1 fully saturated rings. The molecule has 1 heterocycles. The molecule has 0 aromatic rings. The van der Waals surface area contributed by atoms with E-state index in [0.29, 0.717) is 18.9 Å². The quantitative estimate of drug-likeness (QED) is 0.398. The van der Waals surface area contributed by atoms with Crippen LogP contribution in [0.5, 0.6) is 0 Å². The van der Waals surface area contributed by atoms with E-state index in [9.17, 15) is 10.2 Å². The average molecular weight is 300 g/mol. The summed E-state index contributed by atoms with van der Waals surface area (Å²) < 4.78 is 5.60. The van der Waals surface area contributed by atoms with Crippen LogP contribution in [-0.2, 0) is 4.74 Å². The van der Waals surface area contributed by atoms with Gasteiger partial charge < -0.3 is 14.9 Å². The van der Waals surface area contributed by atoms with Crippen molar-refractivity contribution >= 4 is 0 Å². The number of hydrogen-bond acceptors (Lipinski definition) is 3. The summed E-state index contributed by atoms with van der Waals surface area (Å²) in [6.07, 6.45) is 10.6. The number of epoxide rings is 1. The Labute approximate surface area is 131 Å². The van der Waals surface area contributed by atoms with Crippen molar-refractivity contribution in [2.75, 3.05) is 0 Å². The summed E-state index contributed by atoms with van der Waals surface area (Å²) in [7, 11) is 0. The minimum absolute atomic E-state index is 0.187. The van der Waals surface area contributed by atoms with Crippen LogP contribution in [0.25, 0.3) is 0 Å². The lowest BCUT2D eigenvalue weighted by Gasteiger charge is -2.15. The second-order valence-electron chi connectivity index (χ2n) is 7.11. The van der Waals surface area contributed by atoms with Crippen LogP contribution in [0.2, 0.25) is 0 Å². The van der Waals surface area contributed by atoms with E-state index in [2.05, 4.69) is 13.8 Å². The molecule has 3 nitrogen and oxygen atoms in total. The second kappa shape index (κ2) is 10.6. The Morgan fingerprint density at radius 3 is 2.19 bits per heavy atom. The van der Waals surface area contributed by atoms with Crippen molar-refractivity contribution in [2.45, 2.75) is 109 Å². The predicted molar refractivity (Wildman–Crippen MR) is 87.4 cm³/mol. The van der Waals surface area contributed by atoms with Crippen LogP contribution in [0.4, 0.5) is 0 Å². The lowest BCUT2D eigenvalue weighted by Crippen LogP contribution is -2.27. The molecule has 0 spiro atoms. The van der Waals surface area contributed by atoms with Gasteiger partial charge in [-0.3, -0.25) is 0 Å². The van der Waals surface area contributed by atoms with Crippen molar-refractivity contribution in [1.29, 1.82) is 0 Å². The second-order valence-corrected chi connectivity index (χ2v) is 7.11. The van der Waals surface area contributed by atoms with E-state index in [0.717, 1.165) is 18.8 Å². The number of ether oxygens (including phenoxy) is 1. The minimum Gasteiger partial charge on any atom is -0.390 e. The number of hydrogen-bond donors (Lipinski definition) is 2. The van der Waals surface area contributed by atoms with Crippen LogP contribution in [0.3, 0.4) is 0 Å². The average Bonchev–Trinajstić information content (AvgIpc) is 3.15. The third-order valence-corrected chi connectivity index (χ3v) is 4.46. The fourth-order valence-corrected chi connectivity index (χ4v) is 2.95. The van der Waals surface area contributed by atoms with Crippen molar-refractivity contribution in [2.24, 2.45) is 5.92 Å². The van der Waals surface area contributed by atoms with Gasteiger partial charge in [0.25, 0.3) is 0 Å². The Morgan fingerprint density at radius 1 is 0.857 bits per heavy atom. The molecular formula is C18H36O3. The Kier molecular flexibility index (Phi) is 9.54. The first kappa shape index (κ1) is 18.9. The standard InChI is InChI=1S/C18H36O3/c1-4-10-15(19)16(20)13-18-17(21-18)12-9-7-5-6-8-11-14(2)3/h14-20H,4-13H2,1-3H3. The van der Waals surface area contributed by atoms with Crippen LogP contribution in [-0.4, -0.2) is 34.6 Å². The molecule has 4 unspecified atom stereocenters. The maximum Gasteiger partial charge on any atom is 0.0867 e. The van der Waals surface area contributed by atoms with Gasteiger partial charge in [-0.05, 0) is 18.8 Å². The summed E-state index contributed by atoms with van der Waals surface area (Å²) in [5.74, 6) is 0.833. The predicted octanol–water partition coefficient (Wildman–Crippen LogP) is 4.05. The topological polar surface area (TPSA) is 53.0 Å². The molecule has 0 aliphatic carbocycles. The number of aliphatic hydroxyl groups excluding tert-OH is 2. The Hall–Kier alpha value is -0.120.